The number of aliphatic hydroxyl groups excluding tert-OH is 1. The van der Waals surface area contributed by atoms with Crippen LogP contribution in [0.1, 0.15) is 22.6 Å². The highest BCUT2D eigenvalue weighted by Crippen LogP contribution is 2.28. The van der Waals surface area contributed by atoms with Crippen LogP contribution in [0.15, 0.2) is 24.3 Å². The first-order valence-corrected chi connectivity index (χ1v) is 6.70. The lowest BCUT2D eigenvalue weighted by Crippen LogP contribution is -2.24. The number of benzene rings is 1. The van der Waals surface area contributed by atoms with E-state index in [9.17, 15) is 15.0 Å². The Labute approximate surface area is 120 Å². The first kappa shape index (κ1) is 13.1. The Hall–Kier alpha value is -1.85. The third kappa shape index (κ3) is 2.19. The smallest absolute Gasteiger partial charge is 0.356 e. The van der Waals surface area contributed by atoms with Crippen molar-refractivity contribution in [3.8, 4) is 11.4 Å². The second-order valence-corrected chi connectivity index (χ2v) is 5.28. The molecular weight excluding hydrogens is 280 g/mol. The fourth-order valence-corrected chi connectivity index (χ4v) is 2.65. The molecule has 5 nitrogen and oxygen atoms in total. The van der Waals surface area contributed by atoms with Gasteiger partial charge in [0.05, 0.1) is 11.8 Å². The number of hydrogen-bond donors (Lipinski definition) is 2. The van der Waals surface area contributed by atoms with Crippen molar-refractivity contribution in [3.05, 3.63) is 40.7 Å². The third-order valence-corrected chi connectivity index (χ3v) is 3.74. The highest BCUT2D eigenvalue weighted by atomic mass is 35.5. The van der Waals surface area contributed by atoms with Crippen molar-refractivity contribution in [1.29, 1.82) is 0 Å². The summed E-state index contributed by atoms with van der Waals surface area (Å²) in [6, 6.07) is 7.12. The zero-order chi connectivity index (χ0) is 14.3. The summed E-state index contributed by atoms with van der Waals surface area (Å²) in [5.74, 6) is -0.455. The summed E-state index contributed by atoms with van der Waals surface area (Å²) in [6.45, 7) is 0.564. The monoisotopic (exact) mass is 292 g/mol. The van der Waals surface area contributed by atoms with Gasteiger partial charge in [0.25, 0.3) is 0 Å². The van der Waals surface area contributed by atoms with Gasteiger partial charge in [-0.25, -0.2) is 9.78 Å². The second-order valence-electron chi connectivity index (χ2n) is 4.84. The van der Waals surface area contributed by atoms with Gasteiger partial charge in [-0.05, 0) is 30.7 Å². The molecular formula is C14H13ClN2O3. The predicted molar refractivity (Wildman–Crippen MR) is 74.0 cm³/mol. The van der Waals surface area contributed by atoms with Crippen LogP contribution in [-0.2, 0) is 13.0 Å². The maximum atomic E-state index is 11.3. The average Bonchev–Trinajstić information content (AvgIpc) is 2.78. The second kappa shape index (κ2) is 4.92. The fourth-order valence-electron chi connectivity index (χ4n) is 2.53. The van der Waals surface area contributed by atoms with E-state index in [1.807, 2.05) is 16.7 Å². The van der Waals surface area contributed by atoms with Crippen LogP contribution in [0.2, 0.25) is 5.02 Å². The molecule has 2 heterocycles. The number of aromatic nitrogens is 2. The summed E-state index contributed by atoms with van der Waals surface area (Å²) < 4.78 is 1.87. The van der Waals surface area contributed by atoms with Crippen LogP contribution in [0.3, 0.4) is 0 Å². The summed E-state index contributed by atoms with van der Waals surface area (Å²) in [7, 11) is 0. The molecule has 0 radical (unpaired) electrons. The molecule has 0 amide bonds. The van der Waals surface area contributed by atoms with Crippen molar-refractivity contribution in [1.82, 2.24) is 9.55 Å². The Morgan fingerprint density at radius 1 is 1.35 bits per heavy atom. The molecule has 1 atom stereocenters. The van der Waals surface area contributed by atoms with Gasteiger partial charge < -0.3 is 14.8 Å². The number of fused-ring (bicyclic) bond motifs is 1. The lowest BCUT2D eigenvalue weighted by molar-refractivity contribution is 0.0687. The van der Waals surface area contributed by atoms with Crippen molar-refractivity contribution < 1.29 is 15.0 Å². The Morgan fingerprint density at radius 2 is 2.05 bits per heavy atom. The van der Waals surface area contributed by atoms with E-state index in [1.165, 1.54) is 0 Å². The van der Waals surface area contributed by atoms with E-state index >= 15 is 0 Å². The molecule has 0 saturated heterocycles. The van der Waals surface area contributed by atoms with Gasteiger partial charge in [-0.3, -0.25) is 0 Å². The van der Waals surface area contributed by atoms with E-state index < -0.39 is 12.1 Å². The molecule has 0 spiro atoms. The summed E-state index contributed by atoms with van der Waals surface area (Å²) in [5, 5.41) is 19.6. The standard InChI is InChI=1S/C14H13ClN2O3/c15-9-3-1-8(2-4-9)13-16-12(14(19)20)11-7-10(18)5-6-17(11)13/h1-4,10,18H,5-7H2,(H,19,20). The van der Waals surface area contributed by atoms with Crippen LogP contribution in [0, 0.1) is 0 Å². The molecule has 0 bridgehead atoms. The number of hydrogen-bond acceptors (Lipinski definition) is 3. The molecule has 6 heteroatoms. The van der Waals surface area contributed by atoms with Gasteiger partial charge >= 0.3 is 5.97 Å². The van der Waals surface area contributed by atoms with E-state index in [1.54, 1.807) is 12.1 Å². The van der Waals surface area contributed by atoms with Gasteiger partial charge in [-0.15, -0.1) is 0 Å². The maximum Gasteiger partial charge on any atom is 0.356 e. The van der Waals surface area contributed by atoms with Gasteiger partial charge in [-0.1, -0.05) is 11.6 Å². The third-order valence-electron chi connectivity index (χ3n) is 3.49. The summed E-state index contributed by atoms with van der Waals surface area (Å²) in [5.41, 5.74) is 1.43. The summed E-state index contributed by atoms with van der Waals surface area (Å²) >= 11 is 5.86. The van der Waals surface area contributed by atoms with Crippen molar-refractivity contribution in [2.45, 2.75) is 25.5 Å². The zero-order valence-corrected chi connectivity index (χ0v) is 11.3. The van der Waals surface area contributed by atoms with E-state index in [0.29, 0.717) is 35.9 Å². The fraction of sp³-hybridized carbons (Fsp3) is 0.286. The highest BCUT2D eigenvalue weighted by Gasteiger charge is 2.27. The minimum Gasteiger partial charge on any atom is -0.476 e. The van der Waals surface area contributed by atoms with Crippen LogP contribution in [0.5, 0.6) is 0 Å². The quantitative estimate of drug-likeness (QED) is 0.890. The Kier molecular flexibility index (Phi) is 3.23. The first-order valence-electron chi connectivity index (χ1n) is 6.33. The van der Waals surface area contributed by atoms with E-state index in [4.69, 9.17) is 11.6 Å². The van der Waals surface area contributed by atoms with Gasteiger partial charge in [-0.2, -0.15) is 0 Å². The number of rotatable bonds is 2. The SMILES string of the molecule is O=C(O)c1nc(-c2ccc(Cl)cc2)n2c1CC(O)CC2. The minimum absolute atomic E-state index is 0.0219. The predicted octanol–water partition coefficient (Wildman–Crippen LogP) is 2.21. The molecule has 1 aliphatic rings. The Balaban J connectivity index is 2.14. The molecule has 2 aromatic rings. The largest absolute Gasteiger partial charge is 0.476 e. The first-order chi connectivity index (χ1) is 9.56. The number of aliphatic hydroxyl groups is 1. The maximum absolute atomic E-state index is 11.3. The van der Waals surface area contributed by atoms with Crippen molar-refractivity contribution in [2.75, 3.05) is 0 Å². The number of halogens is 1. The molecule has 2 N–H and O–H groups in total. The van der Waals surface area contributed by atoms with Gasteiger partial charge in [0.15, 0.2) is 5.69 Å². The van der Waals surface area contributed by atoms with Gasteiger partial charge in [0.2, 0.25) is 0 Å². The number of nitrogens with zero attached hydrogens (tertiary/aromatic N) is 2. The lowest BCUT2D eigenvalue weighted by atomic mass is 10.1. The number of aromatic carboxylic acids is 1. The van der Waals surface area contributed by atoms with E-state index in [2.05, 4.69) is 4.98 Å². The molecule has 0 fully saturated rings. The molecule has 104 valence electrons. The van der Waals surface area contributed by atoms with E-state index in [-0.39, 0.29) is 5.69 Å². The number of carbonyl (C=O) groups is 1. The normalized spacial score (nSPS) is 17.8. The zero-order valence-electron chi connectivity index (χ0n) is 10.6. The van der Waals surface area contributed by atoms with Crippen molar-refractivity contribution in [3.63, 3.8) is 0 Å². The van der Waals surface area contributed by atoms with Crippen LogP contribution in [-0.4, -0.2) is 31.8 Å². The number of carboxylic acids is 1. The summed E-state index contributed by atoms with van der Waals surface area (Å²) in [6.07, 6.45) is 0.418. The molecule has 20 heavy (non-hydrogen) atoms. The van der Waals surface area contributed by atoms with Crippen LogP contribution in [0.4, 0.5) is 0 Å². The van der Waals surface area contributed by atoms with Crippen LogP contribution >= 0.6 is 11.6 Å². The van der Waals surface area contributed by atoms with Crippen LogP contribution in [0.25, 0.3) is 11.4 Å². The molecule has 1 aliphatic heterocycles. The molecule has 1 aromatic heterocycles. The Morgan fingerprint density at radius 3 is 2.70 bits per heavy atom. The number of carboxylic acid groups (broad SMARTS) is 1. The lowest BCUT2D eigenvalue weighted by Gasteiger charge is -2.21. The summed E-state index contributed by atoms with van der Waals surface area (Å²) in [4.78, 5) is 15.5. The van der Waals surface area contributed by atoms with Crippen LogP contribution < -0.4 is 0 Å². The average molecular weight is 293 g/mol. The number of imidazole rings is 1. The van der Waals surface area contributed by atoms with Gasteiger partial charge in [0, 0.05) is 23.6 Å². The molecule has 0 aliphatic carbocycles. The minimum atomic E-state index is -1.07. The topological polar surface area (TPSA) is 75.3 Å². The Bertz CT molecular complexity index is 664. The van der Waals surface area contributed by atoms with Crippen molar-refractivity contribution >= 4 is 17.6 Å². The van der Waals surface area contributed by atoms with E-state index in [0.717, 1.165) is 5.56 Å². The van der Waals surface area contributed by atoms with Gasteiger partial charge in [0.1, 0.15) is 5.82 Å². The molecule has 1 aromatic carbocycles. The molecule has 1 unspecified atom stereocenters. The highest BCUT2D eigenvalue weighted by molar-refractivity contribution is 6.30. The molecule has 3 rings (SSSR count). The molecule has 0 saturated carbocycles. The van der Waals surface area contributed by atoms with Crippen molar-refractivity contribution in [2.24, 2.45) is 0 Å².